The van der Waals surface area contributed by atoms with Gasteiger partial charge in [0.05, 0.1) is 0 Å². The molecule has 0 aliphatic rings. The van der Waals surface area contributed by atoms with Gasteiger partial charge in [-0.3, -0.25) is 0 Å². The molecule has 0 bridgehead atoms. The van der Waals surface area contributed by atoms with Crippen LogP contribution in [0.15, 0.2) is 48.5 Å². The lowest BCUT2D eigenvalue weighted by atomic mass is 9.92. The van der Waals surface area contributed by atoms with Crippen molar-refractivity contribution >= 4 is 10.5 Å². The maximum absolute atomic E-state index is 5.57. The molecule has 0 aromatic heterocycles. The Balaban J connectivity index is 2.60. The highest BCUT2D eigenvalue weighted by Gasteiger charge is 2.10. The summed E-state index contributed by atoms with van der Waals surface area (Å²) in [5.74, 6) is 1.51. The van der Waals surface area contributed by atoms with Crippen molar-refractivity contribution in [1.29, 1.82) is 0 Å². The number of hydrogen-bond acceptors (Lipinski definition) is 1. The Bertz CT molecular complexity index is 506. The minimum absolute atomic E-state index is 0.522. The fourth-order valence-electron chi connectivity index (χ4n) is 2.11. The first kappa shape index (κ1) is 11.9. The summed E-state index contributed by atoms with van der Waals surface area (Å²) in [6.45, 7) is 4.45. The molecule has 0 saturated heterocycles. The van der Waals surface area contributed by atoms with Gasteiger partial charge in [-0.25, -0.2) is 0 Å². The van der Waals surface area contributed by atoms with Gasteiger partial charge in [0.1, 0.15) is 5.75 Å². The fourth-order valence-corrected chi connectivity index (χ4v) is 2.47. The number of rotatable bonds is 3. The summed E-state index contributed by atoms with van der Waals surface area (Å²) in [5.41, 5.74) is 3.86. The van der Waals surface area contributed by atoms with Crippen molar-refractivity contribution in [3.05, 3.63) is 54.1 Å². The molecule has 17 heavy (non-hydrogen) atoms. The molecule has 0 amide bonds. The van der Waals surface area contributed by atoms with Crippen LogP contribution in [0.25, 0.3) is 11.1 Å². The molecule has 0 radical (unpaired) electrons. The molecule has 0 heterocycles. The van der Waals surface area contributed by atoms with Crippen molar-refractivity contribution in [2.75, 3.05) is 0 Å². The van der Waals surface area contributed by atoms with Crippen LogP contribution in [0.1, 0.15) is 25.3 Å². The third-order valence-electron chi connectivity index (χ3n) is 2.98. The van der Waals surface area contributed by atoms with Crippen LogP contribution in [0.3, 0.4) is 0 Å². The second-order valence-corrected chi connectivity index (χ2v) is 4.85. The van der Waals surface area contributed by atoms with E-state index in [-0.39, 0.29) is 0 Å². The highest BCUT2D eigenvalue weighted by molar-refractivity contribution is 6.00. The van der Waals surface area contributed by atoms with Gasteiger partial charge in [0.15, 0.2) is 0 Å². The second kappa shape index (κ2) is 5.19. The minimum atomic E-state index is 0.522. The summed E-state index contributed by atoms with van der Waals surface area (Å²) in [6.07, 6.45) is 0. The molecule has 0 fully saturated rings. The van der Waals surface area contributed by atoms with Gasteiger partial charge >= 0.3 is 0 Å². The summed E-state index contributed by atoms with van der Waals surface area (Å²) in [5, 5.41) is 0. The average Bonchev–Trinajstić information content (AvgIpc) is 2.38. The Labute approximate surface area is 106 Å². The maximum Gasteiger partial charge on any atom is 0.204 e. The first-order valence-corrected chi connectivity index (χ1v) is 6.78. The lowest BCUT2D eigenvalue weighted by Gasteiger charge is -2.15. The van der Waals surface area contributed by atoms with Crippen molar-refractivity contribution in [2.45, 2.75) is 19.8 Å². The molecule has 2 aromatic carbocycles. The summed E-state index contributed by atoms with van der Waals surface area (Å²) in [7, 11) is 0.720. The minimum Gasteiger partial charge on any atom is -0.553 e. The Morgan fingerprint density at radius 3 is 2.12 bits per heavy atom. The van der Waals surface area contributed by atoms with Gasteiger partial charge in [-0.15, -0.1) is 0 Å². The monoisotopic (exact) mass is 242 g/mol. The molecule has 0 aliphatic carbocycles. The van der Waals surface area contributed by atoms with E-state index >= 15 is 0 Å². The predicted molar refractivity (Wildman–Crippen MR) is 76.5 cm³/mol. The standard InChI is InChI=1S/C15H18OSi/c1-11(2)12-7-3-4-8-13(12)14-9-5-6-10-15(14)16-17/h3-11H,1-2,17H3. The van der Waals surface area contributed by atoms with E-state index in [4.69, 9.17) is 4.43 Å². The predicted octanol–water partition coefficient (Wildman–Crippen LogP) is 3.14. The summed E-state index contributed by atoms with van der Waals surface area (Å²) in [6, 6.07) is 16.8. The van der Waals surface area contributed by atoms with Crippen LogP contribution in [0.2, 0.25) is 0 Å². The molecule has 0 unspecified atom stereocenters. The van der Waals surface area contributed by atoms with E-state index in [1.165, 1.54) is 16.7 Å². The molecule has 0 spiro atoms. The van der Waals surface area contributed by atoms with E-state index in [2.05, 4.69) is 50.2 Å². The van der Waals surface area contributed by atoms with Crippen molar-refractivity contribution in [3.63, 3.8) is 0 Å². The van der Waals surface area contributed by atoms with Gasteiger partial charge in [0.2, 0.25) is 10.5 Å². The molecule has 2 rings (SSSR count). The lowest BCUT2D eigenvalue weighted by Crippen LogP contribution is -1.94. The van der Waals surface area contributed by atoms with Crippen LogP contribution in [-0.4, -0.2) is 10.5 Å². The van der Waals surface area contributed by atoms with Gasteiger partial charge < -0.3 is 4.43 Å². The molecule has 2 heteroatoms. The first-order chi connectivity index (χ1) is 8.24. The normalized spacial score (nSPS) is 10.8. The Kier molecular flexibility index (Phi) is 3.64. The van der Waals surface area contributed by atoms with Crippen molar-refractivity contribution in [3.8, 4) is 16.9 Å². The van der Waals surface area contributed by atoms with Crippen molar-refractivity contribution in [2.24, 2.45) is 0 Å². The quantitative estimate of drug-likeness (QED) is 0.751. The molecule has 0 N–H and O–H groups in total. The number of hydrogen-bond donors (Lipinski definition) is 0. The van der Waals surface area contributed by atoms with Crippen LogP contribution < -0.4 is 4.43 Å². The Morgan fingerprint density at radius 2 is 1.47 bits per heavy atom. The fraction of sp³-hybridized carbons (Fsp3) is 0.200. The van der Waals surface area contributed by atoms with Gasteiger partial charge in [0.25, 0.3) is 0 Å². The highest BCUT2D eigenvalue weighted by Crippen LogP contribution is 2.34. The lowest BCUT2D eigenvalue weighted by molar-refractivity contribution is 0.618. The third-order valence-corrected chi connectivity index (χ3v) is 3.42. The topological polar surface area (TPSA) is 9.23 Å². The largest absolute Gasteiger partial charge is 0.553 e. The van der Waals surface area contributed by atoms with E-state index in [9.17, 15) is 0 Å². The van der Waals surface area contributed by atoms with Gasteiger partial charge in [0, 0.05) is 5.56 Å². The number of para-hydroxylation sites is 1. The molecule has 0 saturated carbocycles. The van der Waals surface area contributed by atoms with E-state index in [1.54, 1.807) is 0 Å². The van der Waals surface area contributed by atoms with Gasteiger partial charge in [-0.1, -0.05) is 56.3 Å². The molecule has 2 aromatic rings. The zero-order chi connectivity index (χ0) is 12.3. The third kappa shape index (κ3) is 2.42. The Hall–Kier alpha value is -1.54. The van der Waals surface area contributed by atoms with E-state index in [0.29, 0.717) is 5.92 Å². The zero-order valence-electron chi connectivity index (χ0n) is 10.6. The smallest absolute Gasteiger partial charge is 0.204 e. The molecular weight excluding hydrogens is 224 g/mol. The van der Waals surface area contributed by atoms with Crippen molar-refractivity contribution < 1.29 is 4.43 Å². The van der Waals surface area contributed by atoms with Crippen LogP contribution in [-0.2, 0) is 0 Å². The maximum atomic E-state index is 5.57. The van der Waals surface area contributed by atoms with Crippen LogP contribution in [0.5, 0.6) is 5.75 Å². The van der Waals surface area contributed by atoms with E-state index in [1.807, 2.05) is 12.1 Å². The molecule has 1 nitrogen and oxygen atoms in total. The SMILES string of the molecule is CC(C)c1ccccc1-c1ccccc1O[SiH3]. The van der Waals surface area contributed by atoms with E-state index in [0.717, 1.165) is 16.2 Å². The molecule has 0 aliphatic heterocycles. The van der Waals surface area contributed by atoms with Crippen LogP contribution in [0.4, 0.5) is 0 Å². The summed E-state index contributed by atoms with van der Waals surface area (Å²) >= 11 is 0. The van der Waals surface area contributed by atoms with E-state index < -0.39 is 0 Å². The molecular formula is C15H18OSi. The average molecular weight is 242 g/mol. The zero-order valence-corrected chi connectivity index (χ0v) is 12.6. The van der Waals surface area contributed by atoms with Gasteiger partial charge in [-0.2, -0.15) is 0 Å². The van der Waals surface area contributed by atoms with Gasteiger partial charge in [-0.05, 0) is 23.1 Å². The van der Waals surface area contributed by atoms with Crippen molar-refractivity contribution in [1.82, 2.24) is 0 Å². The molecule has 0 atom stereocenters. The highest BCUT2D eigenvalue weighted by atomic mass is 28.2. The summed E-state index contributed by atoms with van der Waals surface area (Å²) < 4.78 is 5.57. The second-order valence-electron chi connectivity index (χ2n) is 4.44. The first-order valence-electron chi connectivity index (χ1n) is 5.96. The summed E-state index contributed by atoms with van der Waals surface area (Å²) in [4.78, 5) is 0. The van der Waals surface area contributed by atoms with Crippen LogP contribution in [0, 0.1) is 0 Å². The Morgan fingerprint density at radius 1 is 0.882 bits per heavy atom. The molecule has 88 valence electrons. The van der Waals surface area contributed by atoms with Crippen LogP contribution >= 0.6 is 0 Å². The number of benzene rings is 2.